The van der Waals surface area contributed by atoms with Gasteiger partial charge < -0.3 is 14.5 Å². The molecule has 3 aromatic rings. The second-order valence-electron chi connectivity index (χ2n) is 6.60. The van der Waals surface area contributed by atoms with Gasteiger partial charge in [0.25, 0.3) is 5.91 Å². The van der Waals surface area contributed by atoms with Gasteiger partial charge in [-0.3, -0.25) is 4.79 Å². The lowest BCUT2D eigenvalue weighted by atomic mass is 10.2. The van der Waals surface area contributed by atoms with Crippen molar-refractivity contribution in [1.29, 1.82) is 0 Å². The van der Waals surface area contributed by atoms with Crippen molar-refractivity contribution < 1.29 is 27.2 Å². The Labute approximate surface area is 184 Å². The molecule has 7 nitrogen and oxygen atoms in total. The molecule has 2 aromatic carbocycles. The number of carbonyl (C=O) groups is 2. The minimum Gasteiger partial charge on any atom is -0.462 e. The molecule has 0 aliphatic heterocycles. The Morgan fingerprint density at radius 1 is 1.00 bits per heavy atom. The predicted octanol–water partition coefficient (Wildman–Crippen LogP) is 4.98. The fourth-order valence-corrected chi connectivity index (χ4v) is 3.89. The van der Waals surface area contributed by atoms with Gasteiger partial charge in [0.1, 0.15) is 0 Å². The van der Waals surface area contributed by atoms with Gasteiger partial charge in [0, 0.05) is 10.7 Å². The third-order valence-electron chi connectivity index (χ3n) is 4.30. The van der Waals surface area contributed by atoms with Crippen LogP contribution in [0.4, 0.5) is 5.69 Å². The Kier molecular flexibility index (Phi) is 7.14. The molecule has 0 saturated carbocycles. The monoisotopic (exact) mass is 461 g/mol. The Bertz CT molecular complexity index is 1170. The molecule has 0 spiro atoms. The first-order valence-electron chi connectivity index (χ1n) is 9.50. The highest BCUT2D eigenvalue weighted by Gasteiger charge is 2.23. The summed E-state index contributed by atoms with van der Waals surface area (Å²) in [6, 6.07) is 14.3. The summed E-state index contributed by atoms with van der Waals surface area (Å²) >= 11 is 5.79. The van der Waals surface area contributed by atoms with Gasteiger partial charge in [0.05, 0.1) is 17.1 Å². The SMILES string of the molecule is CCCCOC(=O)c1ccc(NC(=O)c2ccc(S(=O)(=O)c3ccc(Cl)cc3)o2)cc1. The molecule has 0 saturated heterocycles. The average Bonchev–Trinajstić information content (AvgIpc) is 3.26. The number of rotatable bonds is 8. The predicted molar refractivity (Wildman–Crippen MR) is 115 cm³/mol. The Balaban J connectivity index is 1.67. The van der Waals surface area contributed by atoms with E-state index < -0.39 is 21.7 Å². The molecule has 1 amide bonds. The molecule has 0 atom stereocenters. The first-order valence-corrected chi connectivity index (χ1v) is 11.4. The normalized spacial score (nSPS) is 11.2. The van der Waals surface area contributed by atoms with E-state index in [9.17, 15) is 18.0 Å². The van der Waals surface area contributed by atoms with Crippen LogP contribution in [-0.2, 0) is 14.6 Å². The molecule has 0 radical (unpaired) electrons. The molecule has 162 valence electrons. The molecule has 0 aliphatic rings. The summed E-state index contributed by atoms with van der Waals surface area (Å²) in [7, 11) is -3.92. The number of benzene rings is 2. The lowest BCUT2D eigenvalue weighted by molar-refractivity contribution is 0.0499. The summed E-state index contributed by atoms with van der Waals surface area (Å²) in [5.74, 6) is -1.24. The summed E-state index contributed by atoms with van der Waals surface area (Å²) in [5, 5.41) is 2.64. The van der Waals surface area contributed by atoms with Crippen LogP contribution in [0.2, 0.25) is 5.02 Å². The number of esters is 1. The van der Waals surface area contributed by atoms with Crippen LogP contribution in [0, 0.1) is 0 Å². The Morgan fingerprint density at radius 3 is 2.32 bits per heavy atom. The highest BCUT2D eigenvalue weighted by Crippen LogP contribution is 2.24. The van der Waals surface area contributed by atoms with Crippen molar-refractivity contribution in [3.63, 3.8) is 0 Å². The first-order chi connectivity index (χ1) is 14.8. The molecule has 3 rings (SSSR count). The Morgan fingerprint density at radius 2 is 1.68 bits per heavy atom. The summed E-state index contributed by atoms with van der Waals surface area (Å²) in [4.78, 5) is 24.3. The number of carbonyl (C=O) groups excluding carboxylic acids is 2. The number of furan rings is 1. The van der Waals surface area contributed by atoms with Crippen LogP contribution in [0.25, 0.3) is 0 Å². The van der Waals surface area contributed by atoms with Gasteiger partial charge in [-0.25, -0.2) is 13.2 Å². The number of ether oxygens (including phenoxy) is 1. The van der Waals surface area contributed by atoms with Gasteiger partial charge >= 0.3 is 5.97 Å². The van der Waals surface area contributed by atoms with Crippen LogP contribution >= 0.6 is 11.6 Å². The second-order valence-corrected chi connectivity index (χ2v) is 8.91. The van der Waals surface area contributed by atoms with E-state index in [-0.39, 0.29) is 15.7 Å². The fourth-order valence-electron chi connectivity index (χ4n) is 2.59. The lowest BCUT2D eigenvalue weighted by Crippen LogP contribution is -2.11. The maximum Gasteiger partial charge on any atom is 0.338 e. The molecule has 9 heteroatoms. The van der Waals surface area contributed by atoms with Gasteiger partial charge in [-0.2, -0.15) is 0 Å². The quantitative estimate of drug-likeness (QED) is 0.375. The summed E-state index contributed by atoms with van der Waals surface area (Å²) in [6.45, 7) is 2.36. The third-order valence-corrected chi connectivity index (χ3v) is 6.20. The zero-order valence-electron chi connectivity index (χ0n) is 16.6. The van der Waals surface area contributed by atoms with Crippen molar-refractivity contribution >= 4 is 39.0 Å². The Hall–Kier alpha value is -3.10. The number of sulfone groups is 1. The maximum atomic E-state index is 12.6. The van der Waals surface area contributed by atoms with Crippen molar-refractivity contribution in [2.75, 3.05) is 11.9 Å². The van der Waals surface area contributed by atoms with E-state index in [1.165, 1.54) is 48.5 Å². The molecule has 0 fully saturated rings. The van der Waals surface area contributed by atoms with Crippen molar-refractivity contribution in [1.82, 2.24) is 0 Å². The highest BCUT2D eigenvalue weighted by atomic mass is 35.5. The smallest absolute Gasteiger partial charge is 0.338 e. The number of amides is 1. The number of anilines is 1. The molecule has 0 unspecified atom stereocenters. The van der Waals surface area contributed by atoms with Crippen molar-refractivity contribution in [2.24, 2.45) is 0 Å². The summed E-state index contributed by atoms with van der Waals surface area (Å²) in [5.41, 5.74) is 0.775. The zero-order valence-corrected chi connectivity index (χ0v) is 18.2. The number of halogens is 1. The largest absolute Gasteiger partial charge is 0.462 e. The highest BCUT2D eigenvalue weighted by molar-refractivity contribution is 7.91. The van der Waals surface area contributed by atoms with Gasteiger partial charge in [-0.15, -0.1) is 0 Å². The van der Waals surface area contributed by atoms with Crippen LogP contribution < -0.4 is 5.32 Å². The van der Waals surface area contributed by atoms with E-state index in [2.05, 4.69) is 5.32 Å². The number of unbranched alkanes of at least 4 members (excludes halogenated alkanes) is 1. The first kappa shape index (κ1) is 22.6. The van der Waals surface area contributed by atoms with Crippen molar-refractivity contribution in [3.8, 4) is 0 Å². The fraction of sp³-hybridized carbons (Fsp3) is 0.182. The van der Waals surface area contributed by atoms with Crippen molar-refractivity contribution in [2.45, 2.75) is 29.8 Å². The zero-order chi connectivity index (χ0) is 22.4. The lowest BCUT2D eigenvalue weighted by Gasteiger charge is -2.06. The molecule has 0 aliphatic carbocycles. The number of hydrogen-bond donors (Lipinski definition) is 1. The van der Waals surface area contributed by atoms with Gasteiger partial charge in [-0.05, 0) is 67.1 Å². The summed E-state index contributed by atoms with van der Waals surface area (Å²) in [6.07, 6.45) is 1.71. The molecule has 0 bridgehead atoms. The van der Waals surface area contributed by atoms with Crippen molar-refractivity contribution in [3.05, 3.63) is 77.0 Å². The van der Waals surface area contributed by atoms with E-state index in [4.69, 9.17) is 20.8 Å². The second kappa shape index (κ2) is 9.80. The van der Waals surface area contributed by atoms with E-state index in [1.807, 2.05) is 6.92 Å². The van der Waals surface area contributed by atoms with Crippen LogP contribution in [-0.4, -0.2) is 26.9 Å². The van der Waals surface area contributed by atoms with Crippen LogP contribution in [0.5, 0.6) is 0 Å². The van der Waals surface area contributed by atoms with Gasteiger partial charge in [-0.1, -0.05) is 24.9 Å². The minimum absolute atomic E-state index is 0.000352. The van der Waals surface area contributed by atoms with Gasteiger partial charge in [0.2, 0.25) is 14.9 Å². The number of hydrogen-bond acceptors (Lipinski definition) is 6. The minimum atomic E-state index is -3.92. The van der Waals surface area contributed by atoms with E-state index >= 15 is 0 Å². The third kappa shape index (κ3) is 5.53. The van der Waals surface area contributed by atoms with Gasteiger partial charge in [0.15, 0.2) is 5.76 Å². The van der Waals surface area contributed by atoms with E-state index in [0.29, 0.717) is 22.9 Å². The molecule has 31 heavy (non-hydrogen) atoms. The number of nitrogens with one attached hydrogen (secondary N) is 1. The molecular formula is C22H20ClNO6S. The summed E-state index contributed by atoms with van der Waals surface area (Å²) < 4.78 is 35.7. The van der Waals surface area contributed by atoms with Crippen LogP contribution in [0.15, 0.2) is 75.1 Å². The molecular weight excluding hydrogens is 442 g/mol. The molecule has 1 N–H and O–H groups in total. The van der Waals surface area contributed by atoms with Crippen LogP contribution in [0.1, 0.15) is 40.7 Å². The maximum absolute atomic E-state index is 12.6. The topological polar surface area (TPSA) is 103 Å². The average molecular weight is 462 g/mol. The van der Waals surface area contributed by atoms with Crippen LogP contribution in [0.3, 0.4) is 0 Å². The van der Waals surface area contributed by atoms with E-state index in [1.54, 1.807) is 12.1 Å². The molecule has 1 aromatic heterocycles. The molecule has 1 heterocycles. The standard InChI is InChI=1S/C22H20ClNO6S/c1-2-3-14-29-22(26)15-4-8-17(9-5-15)24-21(25)19-12-13-20(30-19)31(27,28)18-10-6-16(23)7-11-18/h4-13H,2-3,14H2,1H3,(H,24,25). The van der Waals surface area contributed by atoms with E-state index in [0.717, 1.165) is 12.8 Å².